The van der Waals surface area contributed by atoms with Gasteiger partial charge in [0.1, 0.15) is 11.5 Å². The Hall–Kier alpha value is -1.75. The highest BCUT2D eigenvalue weighted by Gasteiger charge is 2.03. The van der Waals surface area contributed by atoms with Crippen LogP contribution in [0.4, 0.5) is 0 Å². The van der Waals surface area contributed by atoms with Crippen molar-refractivity contribution >= 4 is 5.91 Å². The number of aliphatic hydroxyl groups excluding tert-OH is 1. The second-order valence-electron chi connectivity index (χ2n) is 7.97. The first-order valence-electron chi connectivity index (χ1n) is 11.9. The number of benzene rings is 1. The van der Waals surface area contributed by atoms with Gasteiger partial charge < -0.3 is 19.9 Å². The van der Waals surface area contributed by atoms with E-state index < -0.39 is 0 Å². The van der Waals surface area contributed by atoms with Gasteiger partial charge in [0.2, 0.25) is 5.91 Å². The number of carbonyl (C=O) groups is 1. The molecular formula is C25H43NO4. The summed E-state index contributed by atoms with van der Waals surface area (Å²) in [6.45, 7) is 3.35. The SMILES string of the molecule is CCCCCc1cc(OC)cc(OCCCCCCCCCCC(=O)NCCO)c1. The summed E-state index contributed by atoms with van der Waals surface area (Å²) in [5.74, 6) is 1.85. The van der Waals surface area contributed by atoms with Gasteiger partial charge in [0.25, 0.3) is 0 Å². The van der Waals surface area contributed by atoms with Gasteiger partial charge >= 0.3 is 0 Å². The number of unbranched alkanes of at least 4 members (excludes halogenated alkanes) is 9. The van der Waals surface area contributed by atoms with Crippen LogP contribution < -0.4 is 14.8 Å². The molecule has 5 nitrogen and oxygen atoms in total. The average Bonchev–Trinajstić information content (AvgIpc) is 2.76. The Balaban J connectivity index is 2.05. The highest BCUT2D eigenvalue weighted by Crippen LogP contribution is 2.24. The van der Waals surface area contributed by atoms with Gasteiger partial charge in [-0.3, -0.25) is 4.79 Å². The lowest BCUT2D eigenvalue weighted by Gasteiger charge is -2.11. The van der Waals surface area contributed by atoms with Gasteiger partial charge in [-0.25, -0.2) is 0 Å². The first kappa shape index (κ1) is 26.3. The number of hydrogen-bond acceptors (Lipinski definition) is 4. The molecule has 1 aromatic rings. The van der Waals surface area contributed by atoms with Gasteiger partial charge in [0, 0.05) is 19.0 Å². The van der Waals surface area contributed by atoms with Crippen LogP contribution in [-0.4, -0.2) is 37.9 Å². The fourth-order valence-corrected chi connectivity index (χ4v) is 3.48. The van der Waals surface area contributed by atoms with Gasteiger partial charge in [-0.05, 0) is 43.4 Å². The predicted octanol–water partition coefficient (Wildman–Crippen LogP) is 5.43. The molecule has 5 heteroatoms. The molecule has 0 unspecified atom stereocenters. The average molecular weight is 422 g/mol. The normalized spacial score (nSPS) is 10.8. The molecule has 172 valence electrons. The van der Waals surface area contributed by atoms with Crippen LogP contribution in [-0.2, 0) is 11.2 Å². The number of hydrogen-bond donors (Lipinski definition) is 2. The van der Waals surface area contributed by atoms with Crippen molar-refractivity contribution in [3.63, 3.8) is 0 Å². The number of rotatable bonds is 19. The van der Waals surface area contributed by atoms with E-state index in [1.165, 1.54) is 56.9 Å². The lowest BCUT2D eigenvalue weighted by atomic mass is 10.1. The summed E-state index contributed by atoms with van der Waals surface area (Å²) in [6, 6.07) is 6.25. The number of aliphatic hydroxyl groups is 1. The number of nitrogens with one attached hydrogen (secondary N) is 1. The molecule has 0 aromatic heterocycles. The van der Waals surface area contributed by atoms with Gasteiger partial charge in [-0.1, -0.05) is 58.3 Å². The van der Waals surface area contributed by atoms with E-state index in [1.54, 1.807) is 7.11 Å². The molecule has 0 aliphatic heterocycles. The Morgan fingerprint density at radius 1 is 0.900 bits per heavy atom. The molecule has 1 aromatic carbocycles. The number of aryl methyl sites for hydroxylation is 1. The van der Waals surface area contributed by atoms with E-state index in [2.05, 4.69) is 24.4 Å². The van der Waals surface area contributed by atoms with Crippen molar-refractivity contribution in [1.29, 1.82) is 0 Å². The molecule has 0 heterocycles. The first-order valence-corrected chi connectivity index (χ1v) is 11.9. The lowest BCUT2D eigenvalue weighted by molar-refractivity contribution is -0.121. The summed E-state index contributed by atoms with van der Waals surface area (Å²) in [5, 5.41) is 11.3. The molecule has 1 amide bonds. The van der Waals surface area contributed by atoms with Crippen LogP contribution in [0.25, 0.3) is 0 Å². The van der Waals surface area contributed by atoms with Crippen molar-refractivity contribution in [2.45, 2.75) is 90.4 Å². The molecule has 0 bridgehead atoms. The summed E-state index contributed by atoms with van der Waals surface area (Å²) in [5.41, 5.74) is 1.30. The van der Waals surface area contributed by atoms with E-state index in [4.69, 9.17) is 14.6 Å². The quantitative estimate of drug-likeness (QED) is 0.292. The van der Waals surface area contributed by atoms with Crippen LogP contribution in [0, 0.1) is 0 Å². The zero-order valence-electron chi connectivity index (χ0n) is 19.2. The van der Waals surface area contributed by atoms with E-state index in [-0.39, 0.29) is 12.5 Å². The van der Waals surface area contributed by atoms with Crippen LogP contribution in [0.3, 0.4) is 0 Å². The van der Waals surface area contributed by atoms with Crippen molar-refractivity contribution in [2.75, 3.05) is 26.9 Å². The van der Waals surface area contributed by atoms with Gasteiger partial charge in [-0.2, -0.15) is 0 Å². The van der Waals surface area contributed by atoms with Crippen LogP contribution in [0.2, 0.25) is 0 Å². The summed E-state index contributed by atoms with van der Waals surface area (Å²) in [7, 11) is 1.71. The minimum Gasteiger partial charge on any atom is -0.497 e. The van der Waals surface area contributed by atoms with E-state index in [0.717, 1.165) is 43.8 Å². The molecule has 0 aliphatic carbocycles. The molecule has 1 rings (SSSR count). The maximum absolute atomic E-state index is 11.4. The molecule has 2 N–H and O–H groups in total. The molecule has 0 atom stereocenters. The Morgan fingerprint density at radius 3 is 2.23 bits per heavy atom. The van der Waals surface area contributed by atoms with Gasteiger partial charge in [0.15, 0.2) is 0 Å². The van der Waals surface area contributed by atoms with Gasteiger partial charge in [0.05, 0.1) is 20.3 Å². The standard InChI is InChI=1S/C25H43NO4/c1-3-4-11-14-22-19-23(29-2)21-24(20-22)30-18-13-10-8-6-5-7-9-12-15-25(28)26-16-17-27/h19-21,27H,3-18H2,1-2H3,(H,26,28). The minimum absolute atomic E-state index is 0.0103. The smallest absolute Gasteiger partial charge is 0.220 e. The largest absolute Gasteiger partial charge is 0.497 e. The third-order valence-corrected chi connectivity index (χ3v) is 5.25. The van der Waals surface area contributed by atoms with Crippen LogP contribution in [0.15, 0.2) is 18.2 Å². The number of methoxy groups -OCH3 is 1. The molecule has 0 saturated carbocycles. The Bertz CT molecular complexity index is 562. The van der Waals surface area contributed by atoms with Crippen molar-refractivity contribution in [3.8, 4) is 11.5 Å². The summed E-state index contributed by atoms with van der Waals surface area (Å²) in [4.78, 5) is 11.4. The lowest BCUT2D eigenvalue weighted by Crippen LogP contribution is -2.25. The van der Waals surface area contributed by atoms with Crippen LogP contribution in [0.5, 0.6) is 11.5 Å². The maximum atomic E-state index is 11.4. The second kappa shape index (κ2) is 18.1. The highest BCUT2D eigenvalue weighted by molar-refractivity contribution is 5.75. The third-order valence-electron chi connectivity index (χ3n) is 5.25. The zero-order valence-corrected chi connectivity index (χ0v) is 19.2. The Labute approximate surface area is 183 Å². The zero-order chi connectivity index (χ0) is 21.9. The fourth-order valence-electron chi connectivity index (χ4n) is 3.48. The fraction of sp³-hybridized carbons (Fsp3) is 0.720. The summed E-state index contributed by atoms with van der Waals surface area (Å²) < 4.78 is 11.4. The second-order valence-corrected chi connectivity index (χ2v) is 7.97. The van der Waals surface area contributed by atoms with E-state index in [9.17, 15) is 4.79 Å². The van der Waals surface area contributed by atoms with Gasteiger partial charge in [-0.15, -0.1) is 0 Å². The Kier molecular flexibility index (Phi) is 15.8. The molecule has 30 heavy (non-hydrogen) atoms. The number of amides is 1. The molecule has 0 spiro atoms. The predicted molar refractivity (Wildman–Crippen MR) is 123 cm³/mol. The van der Waals surface area contributed by atoms with E-state index >= 15 is 0 Å². The van der Waals surface area contributed by atoms with E-state index in [0.29, 0.717) is 13.0 Å². The minimum atomic E-state index is 0.0103. The van der Waals surface area contributed by atoms with Crippen molar-refractivity contribution in [2.24, 2.45) is 0 Å². The molecular weight excluding hydrogens is 378 g/mol. The molecule has 0 saturated heterocycles. The third kappa shape index (κ3) is 13.5. The van der Waals surface area contributed by atoms with E-state index in [1.807, 2.05) is 6.07 Å². The summed E-state index contributed by atoms with van der Waals surface area (Å²) in [6.07, 6.45) is 14.6. The van der Waals surface area contributed by atoms with Crippen LogP contribution >= 0.6 is 0 Å². The maximum Gasteiger partial charge on any atom is 0.220 e. The number of ether oxygens (including phenoxy) is 2. The van der Waals surface area contributed by atoms with Crippen molar-refractivity contribution < 1.29 is 19.4 Å². The summed E-state index contributed by atoms with van der Waals surface area (Å²) >= 11 is 0. The Morgan fingerprint density at radius 2 is 1.57 bits per heavy atom. The highest BCUT2D eigenvalue weighted by atomic mass is 16.5. The monoisotopic (exact) mass is 421 g/mol. The molecule has 0 radical (unpaired) electrons. The topological polar surface area (TPSA) is 67.8 Å². The van der Waals surface area contributed by atoms with Crippen molar-refractivity contribution in [3.05, 3.63) is 23.8 Å². The molecule has 0 fully saturated rings. The first-order chi connectivity index (χ1) is 14.7. The van der Waals surface area contributed by atoms with Crippen molar-refractivity contribution in [1.82, 2.24) is 5.32 Å². The van der Waals surface area contributed by atoms with Crippen LogP contribution in [0.1, 0.15) is 89.5 Å². The molecule has 0 aliphatic rings. The number of carbonyl (C=O) groups excluding carboxylic acids is 1.